The van der Waals surface area contributed by atoms with Crippen LogP contribution < -0.4 is 5.32 Å². The predicted octanol–water partition coefficient (Wildman–Crippen LogP) is 0.808. The van der Waals surface area contributed by atoms with Crippen LogP contribution >= 0.6 is 0 Å². The minimum atomic E-state index is -0.876. The molecule has 1 aromatic rings. The van der Waals surface area contributed by atoms with Gasteiger partial charge in [0.2, 0.25) is 0 Å². The van der Waals surface area contributed by atoms with E-state index in [0.29, 0.717) is 24.5 Å². The van der Waals surface area contributed by atoms with Crippen molar-refractivity contribution >= 4 is 5.97 Å². The van der Waals surface area contributed by atoms with Crippen molar-refractivity contribution in [2.24, 2.45) is 0 Å². The Labute approximate surface area is 88.1 Å². The molecule has 0 spiro atoms. The summed E-state index contributed by atoms with van der Waals surface area (Å²) < 4.78 is 1.81. The van der Waals surface area contributed by atoms with Crippen molar-refractivity contribution in [1.82, 2.24) is 14.9 Å². The number of hydrogen-bond donors (Lipinski definition) is 2. The normalized spacial score (nSPS) is 15.4. The Hall–Kier alpha value is -1.36. The molecule has 0 aliphatic carbocycles. The quantitative estimate of drug-likeness (QED) is 0.756. The van der Waals surface area contributed by atoms with Gasteiger partial charge in [0, 0.05) is 13.1 Å². The van der Waals surface area contributed by atoms with E-state index in [1.54, 1.807) is 0 Å². The van der Waals surface area contributed by atoms with Gasteiger partial charge in [0.1, 0.15) is 5.82 Å². The molecule has 0 aromatic carbocycles. The van der Waals surface area contributed by atoms with Crippen LogP contribution in [-0.2, 0) is 13.1 Å². The highest BCUT2D eigenvalue weighted by Gasteiger charge is 2.25. The lowest BCUT2D eigenvalue weighted by atomic mass is 10.1. The average molecular weight is 209 g/mol. The number of rotatable bonds is 2. The zero-order chi connectivity index (χ0) is 11.0. The fourth-order valence-electron chi connectivity index (χ4n) is 1.91. The highest BCUT2D eigenvalue weighted by molar-refractivity contribution is 5.87. The van der Waals surface area contributed by atoms with Gasteiger partial charge < -0.3 is 15.0 Å². The van der Waals surface area contributed by atoms with Crippen molar-refractivity contribution < 1.29 is 9.90 Å². The Morgan fingerprint density at radius 3 is 2.93 bits per heavy atom. The number of nitrogens with one attached hydrogen (secondary N) is 1. The largest absolute Gasteiger partial charge is 0.477 e. The molecule has 2 rings (SSSR count). The van der Waals surface area contributed by atoms with Gasteiger partial charge in [-0.2, -0.15) is 0 Å². The number of hydrogen-bond acceptors (Lipinski definition) is 3. The van der Waals surface area contributed by atoms with Crippen LogP contribution in [0.5, 0.6) is 0 Å². The number of aromatic carboxylic acids is 1. The van der Waals surface area contributed by atoms with Crippen LogP contribution in [0.1, 0.15) is 41.8 Å². The van der Waals surface area contributed by atoms with E-state index < -0.39 is 5.97 Å². The molecule has 15 heavy (non-hydrogen) atoms. The van der Waals surface area contributed by atoms with Crippen LogP contribution in [-0.4, -0.2) is 27.2 Å². The van der Waals surface area contributed by atoms with Crippen molar-refractivity contribution in [1.29, 1.82) is 0 Å². The summed E-state index contributed by atoms with van der Waals surface area (Å²) in [7, 11) is 0. The van der Waals surface area contributed by atoms with Gasteiger partial charge in [-0.3, -0.25) is 0 Å². The van der Waals surface area contributed by atoms with E-state index >= 15 is 0 Å². The third kappa shape index (κ3) is 1.63. The van der Waals surface area contributed by atoms with Crippen molar-refractivity contribution in [3.05, 3.63) is 17.2 Å². The molecule has 0 fully saturated rings. The summed E-state index contributed by atoms with van der Waals surface area (Å²) in [6.45, 7) is 6.09. The average Bonchev–Trinajstić information content (AvgIpc) is 2.56. The van der Waals surface area contributed by atoms with E-state index in [9.17, 15) is 9.90 Å². The van der Waals surface area contributed by atoms with Crippen LogP contribution in [0.3, 0.4) is 0 Å². The number of fused-ring (bicyclic) bond motifs is 1. The Morgan fingerprint density at radius 1 is 1.60 bits per heavy atom. The third-order valence-electron chi connectivity index (χ3n) is 2.62. The number of carboxylic acid groups (broad SMARTS) is 1. The van der Waals surface area contributed by atoms with Gasteiger partial charge in [0.25, 0.3) is 0 Å². The summed E-state index contributed by atoms with van der Waals surface area (Å²) in [5, 5.41) is 12.4. The third-order valence-corrected chi connectivity index (χ3v) is 2.62. The SMILES string of the molecule is CC(C)c1nc2n(c1C(=O)O)CCNC2. The maximum absolute atomic E-state index is 11.2. The molecule has 0 atom stereocenters. The summed E-state index contributed by atoms with van der Waals surface area (Å²) in [5.41, 5.74) is 1.06. The van der Waals surface area contributed by atoms with Crippen molar-refractivity contribution in [3.63, 3.8) is 0 Å². The molecule has 2 heterocycles. The van der Waals surface area contributed by atoms with Gasteiger partial charge in [-0.05, 0) is 5.92 Å². The predicted molar refractivity (Wildman–Crippen MR) is 55.0 cm³/mol. The lowest BCUT2D eigenvalue weighted by molar-refractivity contribution is 0.0682. The first-order valence-corrected chi connectivity index (χ1v) is 5.14. The van der Waals surface area contributed by atoms with Crippen LogP contribution in [0.2, 0.25) is 0 Å². The second-order valence-electron chi connectivity index (χ2n) is 4.05. The fourth-order valence-corrected chi connectivity index (χ4v) is 1.91. The van der Waals surface area contributed by atoms with Crippen molar-refractivity contribution in [2.75, 3.05) is 6.54 Å². The van der Waals surface area contributed by atoms with Crippen LogP contribution in [0.15, 0.2) is 0 Å². The highest BCUT2D eigenvalue weighted by atomic mass is 16.4. The monoisotopic (exact) mass is 209 g/mol. The number of imidazole rings is 1. The zero-order valence-corrected chi connectivity index (χ0v) is 8.95. The maximum Gasteiger partial charge on any atom is 0.354 e. The molecule has 0 unspecified atom stereocenters. The molecule has 1 aliphatic heterocycles. The molecule has 5 nitrogen and oxygen atoms in total. The van der Waals surface area contributed by atoms with E-state index in [1.165, 1.54) is 0 Å². The van der Waals surface area contributed by atoms with Crippen molar-refractivity contribution in [2.45, 2.75) is 32.9 Å². The number of aromatic nitrogens is 2. The number of carboxylic acids is 1. The Bertz CT molecular complexity index is 396. The van der Waals surface area contributed by atoms with Crippen LogP contribution in [0.4, 0.5) is 0 Å². The summed E-state index contributed by atoms with van der Waals surface area (Å²) in [4.78, 5) is 15.6. The second-order valence-corrected chi connectivity index (χ2v) is 4.05. The van der Waals surface area contributed by atoms with E-state index in [0.717, 1.165) is 12.4 Å². The first kappa shape index (κ1) is 10.2. The summed E-state index contributed by atoms with van der Waals surface area (Å²) >= 11 is 0. The minimum absolute atomic E-state index is 0.147. The first-order chi connectivity index (χ1) is 7.11. The van der Waals surface area contributed by atoms with Gasteiger partial charge in [0.15, 0.2) is 5.69 Å². The molecule has 82 valence electrons. The zero-order valence-electron chi connectivity index (χ0n) is 8.95. The molecule has 0 bridgehead atoms. The fraction of sp³-hybridized carbons (Fsp3) is 0.600. The van der Waals surface area contributed by atoms with Gasteiger partial charge in [-0.15, -0.1) is 0 Å². The topological polar surface area (TPSA) is 67.2 Å². The molecule has 1 aromatic heterocycles. The summed E-state index contributed by atoms with van der Waals surface area (Å²) in [6, 6.07) is 0. The molecule has 1 aliphatic rings. The maximum atomic E-state index is 11.2. The first-order valence-electron chi connectivity index (χ1n) is 5.14. The molecule has 5 heteroatoms. The van der Waals surface area contributed by atoms with E-state index in [-0.39, 0.29) is 5.92 Å². The molecule has 0 saturated heterocycles. The van der Waals surface area contributed by atoms with Gasteiger partial charge in [0.05, 0.1) is 12.2 Å². The number of carbonyl (C=O) groups is 1. The minimum Gasteiger partial charge on any atom is -0.477 e. The lowest BCUT2D eigenvalue weighted by Gasteiger charge is -2.16. The second kappa shape index (κ2) is 3.66. The Kier molecular flexibility index (Phi) is 2.48. The summed E-state index contributed by atoms with van der Waals surface area (Å²) in [6.07, 6.45) is 0. The van der Waals surface area contributed by atoms with Crippen LogP contribution in [0.25, 0.3) is 0 Å². The molecular formula is C10H15N3O2. The molecule has 2 N–H and O–H groups in total. The molecule has 0 amide bonds. The Balaban J connectivity index is 2.56. The smallest absolute Gasteiger partial charge is 0.354 e. The van der Waals surface area contributed by atoms with E-state index in [1.807, 2.05) is 18.4 Å². The number of nitrogens with zero attached hydrogens (tertiary/aromatic N) is 2. The van der Waals surface area contributed by atoms with Crippen molar-refractivity contribution in [3.8, 4) is 0 Å². The Morgan fingerprint density at radius 2 is 2.33 bits per heavy atom. The van der Waals surface area contributed by atoms with Gasteiger partial charge in [-0.1, -0.05) is 13.8 Å². The highest BCUT2D eigenvalue weighted by Crippen LogP contribution is 2.21. The van der Waals surface area contributed by atoms with E-state index in [4.69, 9.17) is 0 Å². The van der Waals surface area contributed by atoms with Gasteiger partial charge >= 0.3 is 5.97 Å². The van der Waals surface area contributed by atoms with Gasteiger partial charge in [-0.25, -0.2) is 9.78 Å². The molecule has 0 radical (unpaired) electrons. The van der Waals surface area contributed by atoms with Crippen LogP contribution in [0, 0.1) is 0 Å². The summed E-state index contributed by atoms with van der Waals surface area (Å²) in [5.74, 6) is 0.107. The lowest BCUT2D eigenvalue weighted by Crippen LogP contribution is -2.29. The molecular weight excluding hydrogens is 194 g/mol. The van der Waals surface area contributed by atoms with E-state index in [2.05, 4.69) is 10.3 Å². The standard InChI is InChI=1S/C10H15N3O2/c1-6(2)8-9(10(14)15)13-4-3-11-5-7(13)12-8/h6,11H,3-5H2,1-2H3,(H,14,15). The molecule has 0 saturated carbocycles.